The second kappa shape index (κ2) is 6.45. The molecule has 0 aliphatic heterocycles. The molecule has 0 atom stereocenters. The molecule has 0 aliphatic rings. The summed E-state index contributed by atoms with van der Waals surface area (Å²) in [4.78, 5) is 13.8. The Morgan fingerprint density at radius 1 is 1.18 bits per heavy atom. The van der Waals surface area contributed by atoms with Crippen LogP contribution in [0.5, 0.6) is 5.75 Å². The van der Waals surface area contributed by atoms with Crippen molar-refractivity contribution >= 4 is 11.8 Å². The number of aliphatic imine (C=N–C) groups is 1. The molecule has 114 valence electrons. The number of hydrogen-bond donors (Lipinski definition) is 0. The molecule has 0 bridgehead atoms. The summed E-state index contributed by atoms with van der Waals surface area (Å²) >= 11 is 0. The van der Waals surface area contributed by atoms with Gasteiger partial charge in [0.05, 0.1) is 11.3 Å². The average Bonchev–Trinajstić information content (AvgIpc) is 2.46. The number of nitrogens with zero attached hydrogens (tertiary/aromatic N) is 1. The van der Waals surface area contributed by atoms with Crippen molar-refractivity contribution in [1.82, 2.24) is 0 Å². The van der Waals surface area contributed by atoms with Gasteiger partial charge in [0.15, 0.2) is 0 Å². The normalized spacial score (nSPS) is 10.9. The summed E-state index contributed by atoms with van der Waals surface area (Å²) in [5.74, 6) is -0.261. The molecule has 2 aromatic carbocycles. The van der Waals surface area contributed by atoms with Gasteiger partial charge in [-0.15, -0.1) is 0 Å². The lowest BCUT2D eigenvalue weighted by molar-refractivity contribution is -0.139. The lowest BCUT2D eigenvalue weighted by Crippen LogP contribution is -2.09. The maximum absolute atomic E-state index is 13.0. The van der Waals surface area contributed by atoms with E-state index in [0.29, 0.717) is 16.8 Å². The third-order valence-corrected chi connectivity index (χ3v) is 2.98. The third-order valence-electron chi connectivity index (χ3n) is 2.98. The molecule has 22 heavy (non-hydrogen) atoms. The van der Waals surface area contributed by atoms with Gasteiger partial charge < -0.3 is 4.74 Å². The van der Waals surface area contributed by atoms with Gasteiger partial charge in [0.25, 0.3) is 0 Å². The van der Waals surface area contributed by atoms with Crippen LogP contribution in [0.15, 0.2) is 47.5 Å². The van der Waals surface area contributed by atoms with E-state index in [1.807, 2.05) is 0 Å². The minimum absolute atomic E-state index is 0.131. The molecule has 0 saturated heterocycles. The first-order valence-corrected chi connectivity index (χ1v) is 6.38. The summed E-state index contributed by atoms with van der Waals surface area (Å²) in [6, 6.07) is 10.4. The van der Waals surface area contributed by atoms with Crippen molar-refractivity contribution in [3.8, 4) is 5.75 Å². The fourth-order valence-corrected chi connectivity index (χ4v) is 1.94. The van der Waals surface area contributed by atoms with Crippen LogP contribution in [-0.4, -0.2) is 6.08 Å². The molecule has 0 saturated carbocycles. The fourth-order valence-electron chi connectivity index (χ4n) is 1.94. The van der Waals surface area contributed by atoms with Crippen LogP contribution >= 0.6 is 0 Å². The number of alkyl halides is 3. The highest BCUT2D eigenvalue weighted by atomic mass is 19.4. The predicted molar refractivity (Wildman–Crippen MR) is 74.7 cm³/mol. The Labute approximate surface area is 125 Å². The van der Waals surface area contributed by atoms with Crippen molar-refractivity contribution in [2.75, 3.05) is 0 Å². The van der Waals surface area contributed by atoms with Crippen molar-refractivity contribution in [2.24, 2.45) is 4.99 Å². The highest BCUT2D eigenvalue weighted by Gasteiger charge is 2.34. The van der Waals surface area contributed by atoms with E-state index in [9.17, 15) is 18.0 Å². The van der Waals surface area contributed by atoms with Gasteiger partial charge in [-0.2, -0.15) is 18.2 Å². The summed E-state index contributed by atoms with van der Waals surface area (Å²) in [6.07, 6.45) is -3.09. The quantitative estimate of drug-likeness (QED) is 0.613. The monoisotopic (exact) mass is 307 g/mol. The largest absolute Gasteiger partial charge is 0.488 e. The Hall–Kier alpha value is -2.59. The van der Waals surface area contributed by atoms with Crippen LogP contribution in [0.3, 0.4) is 0 Å². The Bertz CT molecular complexity index is 720. The zero-order valence-electron chi connectivity index (χ0n) is 11.6. The van der Waals surface area contributed by atoms with Crippen LogP contribution in [0, 0.1) is 6.92 Å². The van der Waals surface area contributed by atoms with E-state index in [2.05, 4.69) is 4.99 Å². The van der Waals surface area contributed by atoms with E-state index in [1.54, 1.807) is 37.3 Å². The summed E-state index contributed by atoms with van der Waals surface area (Å²) in [5, 5.41) is 0. The van der Waals surface area contributed by atoms with Crippen molar-refractivity contribution in [2.45, 2.75) is 19.7 Å². The van der Waals surface area contributed by atoms with Crippen molar-refractivity contribution in [3.63, 3.8) is 0 Å². The second-order valence-electron chi connectivity index (χ2n) is 4.62. The standard InChI is InChI=1S/C16H12F3NO2/c1-11-6-7-15(13(8-11)16(17,18)19)22-9-12-4-2-3-5-14(12)20-10-21/h2-8H,9H2,1H3. The zero-order valence-corrected chi connectivity index (χ0v) is 11.6. The minimum Gasteiger partial charge on any atom is -0.488 e. The maximum atomic E-state index is 13.0. The fraction of sp³-hybridized carbons (Fsp3) is 0.188. The molecule has 0 N–H and O–H groups in total. The minimum atomic E-state index is -4.50. The molecular weight excluding hydrogens is 295 g/mol. The molecule has 0 aromatic heterocycles. The van der Waals surface area contributed by atoms with E-state index < -0.39 is 11.7 Å². The molecule has 0 fully saturated rings. The lowest BCUT2D eigenvalue weighted by atomic mass is 10.1. The molecule has 0 unspecified atom stereocenters. The van der Waals surface area contributed by atoms with Gasteiger partial charge >= 0.3 is 6.18 Å². The molecule has 0 heterocycles. The highest BCUT2D eigenvalue weighted by Crippen LogP contribution is 2.37. The molecule has 3 nitrogen and oxygen atoms in total. The van der Waals surface area contributed by atoms with Crippen LogP contribution in [-0.2, 0) is 17.6 Å². The number of benzene rings is 2. The van der Waals surface area contributed by atoms with E-state index in [1.165, 1.54) is 12.1 Å². The summed E-state index contributed by atoms with van der Waals surface area (Å²) in [6.45, 7) is 1.45. The second-order valence-corrected chi connectivity index (χ2v) is 4.62. The number of ether oxygens (including phenoxy) is 1. The van der Waals surface area contributed by atoms with Gasteiger partial charge in [0.1, 0.15) is 12.4 Å². The van der Waals surface area contributed by atoms with E-state index in [0.717, 1.165) is 6.07 Å². The molecule has 0 spiro atoms. The van der Waals surface area contributed by atoms with Crippen LogP contribution in [0.25, 0.3) is 0 Å². The van der Waals surface area contributed by atoms with Crippen LogP contribution < -0.4 is 4.74 Å². The first kappa shape index (κ1) is 15.8. The van der Waals surface area contributed by atoms with Crippen LogP contribution in [0.1, 0.15) is 16.7 Å². The number of aryl methyl sites for hydroxylation is 1. The Kier molecular flexibility index (Phi) is 4.63. The van der Waals surface area contributed by atoms with Gasteiger partial charge in [-0.1, -0.05) is 29.8 Å². The number of isocyanates is 1. The van der Waals surface area contributed by atoms with Crippen molar-refractivity contribution in [3.05, 3.63) is 59.2 Å². The van der Waals surface area contributed by atoms with Crippen molar-refractivity contribution < 1.29 is 22.7 Å². The van der Waals surface area contributed by atoms with E-state index >= 15 is 0 Å². The van der Waals surface area contributed by atoms with Gasteiger partial charge in [-0.3, -0.25) is 0 Å². The number of para-hydroxylation sites is 1. The van der Waals surface area contributed by atoms with Gasteiger partial charge in [0.2, 0.25) is 6.08 Å². The van der Waals surface area contributed by atoms with Crippen molar-refractivity contribution in [1.29, 1.82) is 0 Å². The number of hydrogen-bond acceptors (Lipinski definition) is 3. The number of carbonyl (C=O) groups excluding carboxylic acids is 1. The maximum Gasteiger partial charge on any atom is 0.419 e. The van der Waals surface area contributed by atoms with Crippen LogP contribution in [0.2, 0.25) is 0 Å². The summed E-state index contributed by atoms with van der Waals surface area (Å²) in [7, 11) is 0. The summed E-state index contributed by atoms with van der Waals surface area (Å²) < 4.78 is 44.3. The number of rotatable bonds is 4. The van der Waals surface area contributed by atoms with Gasteiger partial charge in [-0.25, -0.2) is 4.79 Å². The Morgan fingerprint density at radius 3 is 2.59 bits per heavy atom. The molecule has 0 radical (unpaired) electrons. The topological polar surface area (TPSA) is 38.7 Å². The van der Waals surface area contributed by atoms with Gasteiger partial charge in [0, 0.05) is 5.56 Å². The third kappa shape index (κ3) is 3.74. The Morgan fingerprint density at radius 2 is 1.91 bits per heavy atom. The highest BCUT2D eigenvalue weighted by molar-refractivity contribution is 5.53. The van der Waals surface area contributed by atoms with E-state index in [-0.39, 0.29) is 12.4 Å². The first-order chi connectivity index (χ1) is 10.4. The molecule has 6 heteroatoms. The van der Waals surface area contributed by atoms with E-state index in [4.69, 9.17) is 4.74 Å². The number of halogens is 3. The SMILES string of the molecule is Cc1ccc(OCc2ccccc2N=C=O)c(C(F)(F)F)c1. The molecule has 2 aromatic rings. The summed E-state index contributed by atoms with van der Waals surface area (Å²) in [5.41, 5.74) is 0.479. The average molecular weight is 307 g/mol. The molecular formula is C16H12F3NO2. The smallest absolute Gasteiger partial charge is 0.419 e. The molecule has 2 rings (SSSR count). The van der Waals surface area contributed by atoms with Crippen LogP contribution in [0.4, 0.5) is 18.9 Å². The first-order valence-electron chi connectivity index (χ1n) is 6.38. The molecule has 0 amide bonds. The zero-order chi connectivity index (χ0) is 16.2. The van der Waals surface area contributed by atoms with Gasteiger partial charge in [-0.05, 0) is 25.1 Å². The lowest BCUT2D eigenvalue weighted by Gasteiger charge is -2.15. The Balaban J connectivity index is 2.28. The molecule has 0 aliphatic carbocycles. The predicted octanol–water partition coefficient (Wildman–Crippen LogP) is 4.56.